The number of carboxylic acids is 1. The third-order valence-electron chi connectivity index (χ3n) is 4.67. The zero-order chi connectivity index (χ0) is 22.3. The van der Waals surface area contributed by atoms with Crippen LogP contribution < -0.4 is 20.7 Å². The number of nitrogens with one attached hydrogen (secondary N) is 3. The summed E-state index contributed by atoms with van der Waals surface area (Å²) in [5.74, 6) is -1.73. The molecule has 0 saturated carbocycles. The topological polar surface area (TPSA) is 113 Å². The first kappa shape index (κ1) is 23.6. The highest BCUT2D eigenvalue weighted by Crippen LogP contribution is 2.31. The summed E-state index contributed by atoms with van der Waals surface area (Å²) in [7, 11) is 0. The molecule has 0 aliphatic rings. The van der Waals surface area contributed by atoms with E-state index in [1.54, 1.807) is 26.0 Å². The molecule has 0 aliphatic heterocycles. The highest BCUT2D eigenvalue weighted by molar-refractivity contribution is 7.11. The van der Waals surface area contributed by atoms with Crippen LogP contribution in [0, 0.1) is 19.7 Å². The van der Waals surface area contributed by atoms with Gasteiger partial charge in [-0.1, -0.05) is 19.1 Å². The van der Waals surface area contributed by atoms with Crippen molar-refractivity contribution in [3.8, 4) is 5.88 Å². The maximum absolute atomic E-state index is 14.0. The minimum Gasteiger partial charge on any atom is -0.477 e. The number of aromatic carboxylic acids is 1. The largest absolute Gasteiger partial charge is 0.477 e. The Labute approximate surface area is 179 Å². The summed E-state index contributed by atoms with van der Waals surface area (Å²) in [6.07, 6.45) is 0.979. The van der Waals surface area contributed by atoms with Gasteiger partial charge in [0.05, 0.1) is 0 Å². The number of rotatable bonds is 10. The minimum absolute atomic E-state index is 0.0417. The molecule has 1 aromatic carbocycles. The molecule has 0 fully saturated rings. The number of carbonyl (C=O) groups excluding carboxylic acids is 1. The van der Waals surface area contributed by atoms with Crippen molar-refractivity contribution in [1.29, 1.82) is 0 Å². The van der Waals surface area contributed by atoms with Gasteiger partial charge in [0.1, 0.15) is 17.4 Å². The minimum atomic E-state index is -1.28. The van der Waals surface area contributed by atoms with E-state index in [1.165, 1.54) is 0 Å². The molecule has 2 rings (SSSR count). The van der Waals surface area contributed by atoms with Crippen molar-refractivity contribution in [3.05, 3.63) is 40.2 Å². The van der Waals surface area contributed by atoms with Crippen molar-refractivity contribution in [2.45, 2.75) is 46.8 Å². The summed E-state index contributed by atoms with van der Waals surface area (Å²) in [6.45, 7) is 8.35. The van der Waals surface area contributed by atoms with Crippen LogP contribution in [0.3, 0.4) is 0 Å². The third-order valence-corrected chi connectivity index (χ3v) is 5.42. The molecule has 1 atom stereocenters. The van der Waals surface area contributed by atoms with Crippen molar-refractivity contribution in [3.63, 3.8) is 0 Å². The van der Waals surface area contributed by atoms with Crippen LogP contribution in [-0.2, 0) is 6.61 Å². The molecule has 1 aromatic heterocycles. The van der Waals surface area contributed by atoms with Gasteiger partial charge in [0.25, 0.3) is 0 Å². The Hall–Kier alpha value is -2.72. The monoisotopic (exact) mass is 438 g/mol. The van der Waals surface area contributed by atoms with E-state index in [9.17, 15) is 19.1 Å². The van der Waals surface area contributed by atoms with E-state index in [4.69, 9.17) is 4.74 Å². The van der Waals surface area contributed by atoms with Crippen LogP contribution in [0.2, 0.25) is 0 Å². The highest BCUT2D eigenvalue weighted by atomic mass is 32.1. The Morgan fingerprint density at radius 3 is 2.70 bits per heavy atom. The molecule has 30 heavy (non-hydrogen) atoms. The van der Waals surface area contributed by atoms with Gasteiger partial charge in [-0.3, -0.25) is 5.32 Å². The average molecular weight is 439 g/mol. The number of ether oxygens (including phenoxy) is 1. The van der Waals surface area contributed by atoms with E-state index in [0.717, 1.165) is 18.0 Å². The number of amides is 2. The lowest BCUT2D eigenvalue weighted by Crippen LogP contribution is -2.37. The van der Waals surface area contributed by atoms with E-state index in [0.29, 0.717) is 35.8 Å². The lowest BCUT2D eigenvalue weighted by molar-refractivity contribution is 0.0693. The number of aryl methyl sites for hydroxylation is 1. The van der Waals surface area contributed by atoms with Crippen LogP contribution >= 0.6 is 11.5 Å². The van der Waals surface area contributed by atoms with Gasteiger partial charge in [-0.05, 0) is 55.4 Å². The molecule has 0 radical (unpaired) electrons. The molecule has 0 aliphatic carbocycles. The fourth-order valence-corrected chi connectivity index (χ4v) is 3.32. The molecule has 0 saturated heterocycles. The van der Waals surface area contributed by atoms with Crippen LogP contribution in [0.4, 0.5) is 14.2 Å². The first-order chi connectivity index (χ1) is 14.2. The Balaban J connectivity index is 2.00. The first-order valence-electron chi connectivity index (χ1n) is 9.63. The predicted molar refractivity (Wildman–Crippen MR) is 114 cm³/mol. The van der Waals surface area contributed by atoms with Gasteiger partial charge in [0, 0.05) is 19.1 Å². The predicted octanol–water partition coefficient (Wildman–Crippen LogP) is 3.69. The summed E-state index contributed by atoms with van der Waals surface area (Å²) >= 11 is 0.808. The number of carbonyl (C=O) groups is 2. The molecule has 10 heteroatoms. The number of hydrogen-bond donors (Lipinski definition) is 4. The van der Waals surface area contributed by atoms with Gasteiger partial charge in [0.15, 0.2) is 5.56 Å². The number of aromatic nitrogens is 1. The molecule has 1 unspecified atom stereocenters. The second kappa shape index (κ2) is 10.9. The van der Waals surface area contributed by atoms with Crippen molar-refractivity contribution in [1.82, 2.24) is 15.0 Å². The standard InChI is InChI=1S/C20H27FN4O4S/c1-5-12(3)22-8-9-23-20(28)24-18-15(19(26)27)17(25-30-18)29-10-14-7-6-11(2)16(21)13(14)4/h6-7,12,22H,5,8-10H2,1-4H3,(H,26,27)(H2,23,24,28). The van der Waals surface area contributed by atoms with Crippen molar-refractivity contribution in [2.24, 2.45) is 0 Å². The van der Waals surface area contributed by atoms with Crippen LogP contribution in [0.1, 0.15) is 47.3 Å². The van der Waals surface area contributed by atoms with Gasteiger partial charge < -0.3 is 20.5 Å². The Kier molecular flexibility index (Phi) is 8.55. The van der Waals surface area contributed by atoms with Gasteiger partial charge in [-0.2, -0.15) is 4.37 Å². The molecule has 164 valence electrons. The molecule has 2 aromatic rings. The van der Waals surface area contributed by atoms with Gasteiger partial charge >= 0.3 is 12.0 Å². The quantitative estimate of drug-likeness (QED) is 0.421. The molecular formula is C20H27FN4O4S. The summed E-state index contributed by atoms with van der Waals surface area (Å²) in [6, 6.07) is 3.17. The number of carboxylic acid groups (broad SMARTS) is 1. The molecule has 8 nitrogen and oxygen atoms in total. The highest BCUT2D eigenvalue weighted by Gasteiger charge is 2.23. The lowest BCUT2D eigenvalue weighted by Gasteiger charge is -2.12. The summed E-state index contributed by atoms with van der Waals surface area (Å²) in [5, 5.41) is 18.0. The van der Waals surface area contributed by atoms with Gasteiger partial charge in [-0.25, -0.2) is 14.0 Å². The maximum Gasteiger partial charge on any atom is 0.344 e. The number of anilines is 1. The smallest absolute Gasteiger partial charge is 0.344 e. The molecule has 0 spiro atoms. The molecule has 1 heterocycles. The van der Waals surface area contributed by atoms with Gasteiger partial charge in [-0.15, -0.1) is 0 Å². The molecule has 2 amide bonds. The number of urea groups is 1. The summed E-state index contributed by atoms with van der Waals surface area (Å²) < 4.78 is 23.6. The van der Waals surface area contributed by atoms with Gasteiger partial charge in [0.2, 0.25) is 5.88 Å². The van der Waals surface area contributed by atoms with Crippen LogP contribution in [0.5, 0.6) is 5.88 Å². The maximum atomic E-state index is 14.0. The van der Waals surface area contributed by atoms with Crippen molar-refractivity contribution < 1.29 is 23.8 Å². The number of hydrogen-bond acceptors (Lipinski definition) is 6. The molecule has 4 N–H and O–H groups in total. The van der Waals surface area contributed by atoms with E-state index in [2.05, 4.69) is 27.2 Å². The van der Waals surface area contributed by atoms with Crippen LogP contribution in [0.25, 0.3) is 0 Å². The number of benzene rings is 1. The Bertz CT molecular complexity index is 903. The number of nitrogens with zero attached hydrogens (tertiary/aromatic N) is 1. The van der Waals surface area contributed by atoms with E-state index < -0.39 is 12.0 Å². The second-order valence-electron chi connectivity index (χ2n) is 6.91. The van der Waals surface area contributed by atoms with Crippen LogP contribution in [-0.4, -0.2) is 40.6 Å². The first-order valence-corrected chi connectivity index (χ1v) is 10.4. The normalized spacial score (nSPS) is 11.8. The zero-order valence-electron chi connectivity index (χ0n) is 17.5. The van der Waals surface area contributed by atoms with Crippen LogP contribution in [0.15, 0.2) is 12.1 Å². The molecule has 0 bridgehead atoms. The zero-order valence-corrected chi connectivity index (χ0v) is 18.3. The van der Waals surface area contributed by atoms with E-state index >= 15 is 0 Å². The summed E-state index contributed by atoms with van der Waals surface area (Å²) in [4.78, 5) is 23.7. The van der Waals surface area contributed by atoms with Crippen molar-refractivity contribution >= 4 is 28.5 Å². The fraction of sp³-hybridized carbons (Fsp3) is 0.450. The number of halogens is 1. The SMILES string of the molecule is CCC(C)NCCNC(=O)Nc1snc(OCc2ccc(C)c(F)c2C)c1C(=O)O. The molecular weight excluding hydrogens is 411 g/mol. The fourth-order valence-electron chi connectivity index (χ4n) is 2.60. The third kappa shape index (κ3) is 6.14. The average Bonchev–Trinajstić information content (AvgIpc) is 3.11. The van der Waals surface area contributed by atoms with E-state index in [1.807, 2.05) is 6.92 Å². The Morgan fingerprint density at radius 2 is 2.03 bits per heavy atom. The van der Waals surface area contributed by atoms with Crippen molar-refractivity contribution in [2.75, 3.05) is 18.4 Å². The van der Waals surface area contributed by atoms with E-state index in [-0.39, 0.29) is 28.9 Å². The Morgan fingerprint density at radius 1 is 1.30 bits per heavy atom. The second-order valence-corrected chi connectivity index (χ2v) is 7.68. The lowest BCUT2D eigenvalue weighted by atomic mass is 10.1. The summed E-state index contributed by atoms with van der Waals surface area (Å²) in [5.41, 5.74) is 1.31.